The van der Waals surface area contributed by atoms with Crippen LogP contribution in [0.5, 0.6) is 0 Å². The van der Waals surface area contributed by atoms with E-state index in [2.05, 4.69) is 30.3 Å². The molecule has 7 nitrogen and oxygen atoms in total. The molecule has 1 N–H and O–H groups in total. The third-order valence-corrected chi connectivity index (χ3v) is 4.10. The summed E-state index contributed by atoms with van der Waals surface area (Å²) in [5.41, 5.74) is 0.602. The van der Waals surface area contributed by atoms with E-state index in [1.807, 2.05) is 23.1 Å². The second-order valence-corrected chi connectivity index (χ2v) is 5.87. The summed E-state index contributed by atoms with van der Waals surface area (Å²) < 4.78 is 15.0. The zero-order valence-electron chi connectivity index (χ0n) is 13.7. The molecule has 130 valence electrons. The summed E-state index contributed by atoms with van der Waals surface area (Å²) >= 11 is 0. The molecule has 4 heterocycles. The molecule has 0 radical (unpaired) electrons. The van der Waals surface area contributed by atoms with E-state index in [0.717, 1.165) is 25.9 Å². The Morgan fingerprint density at radius 3 is 2.72 bits per heavy atom. The van der Waals surface area contributed by atoms with Crippen molar-refractivity contribution >= 4 is 23.7 Å². The Morgan fingerprint density at radius 1 is 1.12 bits per heavy atom. The first-order valence-electron chi connectivity index (χ1n) is 8.36. The minimum absolute atomic E-state index is 0. The predicted molar refractivity (Wildman–Crippen MR) is 98.1 cm³/mol. The summed E-state index contributed by atoms with van der Waals surface area (Å²) in [7, 11) is 0. The molecule has 0 amide bonds. The van der Waals surface area contributed by atoms with Gasteiger partial charge in [0, 0.05) is 20.7 Å². The lowest BCUT2D eigenvalue weighted by Crippen LogP contribution is -2.24. The third-order valence-electron chi connectivity index (χ3n) is 4.10. The van der Waals surface area contributed by atoms with Crippen LogP contribution in [-0.4, -0.2) is 53.2 Å². The van der Waals surface area contributed by atoms with Gasteiger partial charge in [0.25, 0.3) is 0 Å². The van der Waals surface area contributed by atoms with Gasteiger partial charge >= 0.3 is 0 Å². The average Bonchev–Trinajstić information content (AvgIpc) is 3.19. The summed E-state index contributed by atoms with van der Waals surface area (Å²) in [5, 5.41) is 2.94. The number of anilines is 2. The van der Waals surface area contributed by atoms with Crippen LogP contribution in [0.2, 0.25) is 0 Å². The van der Waals surface area contributed by atoms with Crippen LogP contribution in [-0.2, 0) is 0 Å². The van der Waals surface area contributed by atoms with E-state index in [1.54, 1.807) is 12.4 Å². The summed E-state index contributed by atoms with van der Waals surface area (Å²) in [6, 6.07) is 5.49. The van der Waals surface area contributed by atoms with Crippen molar-refractivity contribution < 1.29 is 5.82 Å². The molecule has 0 unspecified atom stereocenters. The van der Waals surface area contributed by atoms with Gasteiger partial charge in [0.1, 0.15) is 11.5 Å². The smallest absolute Gasteiger partial charge is 0.208 e. The Bertz CT molecular complexity index is 819. The van der Waals surface area contributed by atoms with Gasteiger partial charge in [-0.3, -0.25) is 15.0 Å². The largest absolute Gasteiger partial charge is 0.354 e. The number of aromatic nitrogens is 3. The van der Waals surface area contributed by atoms with E-state index in [1.165, 1.54) is 0 Å². The van der Waals surface area contributed by atoms with E-state index >= 15 is 4.39 Å². The molecule has 2 aromatic rings. The van der Waals surface area contributed by atoms with Gasteiger partial charge in [-0.05, 0) is 25.0 Å². The topological polar surface area (TPSA) is 78.7 Å². The molecule has 1 saturated heterocycles. The highest BCUT2D eigenvalue weighted by Crippen LogP contribution is 2.28. The minimum Gasteiger partial charge on any atom is -0.354 e. The highest BCUT2D eigenvalue weighted by atomic mass is 19.1. The van der Waals surface area contributed by atoms with E-state index in [0.29, 0.717) is 36.3 Å². The van der Waals surface area contributed by atoms with Crippen molar-refractivity contribution in [1.29, 1.82) is 0 Å². The van der Waals surface area contributed by atoms with E-state index < -0.39 is 5.82 Å². The molecule has 0 spiro atoms. The molecule has 25 heavy (non-hydrogen) atoms. The molecule has 2 aliphatic rings. The first-order chi connectivity index (χ1) is 12.3. The number of nitrogens with zero attached hydrogens (tertiary/aromatic N) is 6. The molecule has 0 saturated carbocycles. The zero-order chi connectivity index (χ0) is 17.1. The second-order valence-electron chi connectivity index (χ2n) is 5.87. The van der Waals surface area contributed by atoms with Crippen LogP contribution in [0.4, 0.5) is 16.0 Å². The molecule has 0 aliphatic carbocycles. The van der Waals surface area contributed by atoms with Crippen molar-refractivity contribution in [1.82, 2.24) is 15.0 Å². The molecular formula is C17H20FN7. The lowest BCUT2D eigenvalue weighted by atomic mass is 10.3. The van der Waals surface area contributed by atoms with Gasteiger partial charge < -0.3 is 10.2 Å². The van der Waals surface area contributed by atoms with E-state index in [9.17, 15) is 0 Å². The number of hydrogen-bond acceptors (Lipinski definition) is 7. The molecule has 0 aromatic carbocycles. The highest BCUT2D eigenvalue weighted by molar-refractivity contribution is 6.35. The fourth-order valence-corrected chi connectivity index (χ4v) is 2.88. The molecule has 2 aromatic heterocycles. The number of hydrogen-bond donors (Lipinski definition) is 1. The maximum atomic E-state index is 15.0. The molecule has 2 aliphatic heterocycles. The van der Waals surface area contributed by atoms with Crippen LogP contribution in [0.3, 0.4) is 0 Å². The molecular weight excluding hydrogens is 321 g/mol. The standard InChI is InChI=1S/C17H18FN7.H2/c18-14-16(22-13-11-19-7-8-21-13)23-15(12-5-1-2-6-20-12)24-17(14)25-9-3-4-10-25;/h1-2,5-6,11H,3-4,7-10H2,(H,21,22,23,24);1H. The predicted octanol–water partition coefficient (Wildman–Crippen LogP) is 2.42. The quantitative estimate of drug-likeness (QED) is 0.927. The van der Waals surface area contributed by atoms with E-state index in [-0.39, 0.29) is 7.24 Å². The second kappa shape index (κ2) is 6.92. The summed E-state index contributed by atoms with van der Waals surface area (Å²) in [4.78, 5) is 23.5. The van der Waals surface area contributed by atoms with Gasteiger partial charge in [-0.2, -0.15) is 4.39 Å². The van der Waals surface area contributed by atoms with Crippen molar-refractivity contribution in [2.75, 3.05) is 36.4 Å². The van der Waals surface area contributed by atoms with Crippen LogP contribution < -0.4 is 10.2 Å². The molecule has 8 heteroatoms. The fourth-order valence-electron chi connectivity index (χ4n) is 2.88. The zero-order valence-corrected chi connectivity index (χ0v) is 13.7. The third kappa shape index (κ3) is 3.33. The van der Waals surface area contributed by atoms with Crippen LogP contribution in [0, 0.1) is 5.82 Å². The average molecular weight is 341 g/mol. The summed E-state index contributed by atoms with van der Waals surface area (Å²) in [5.74, 6) is 0.833. The molecule has 0 bridgehead atoms. The number of amidine groups is 1. The number of pyridine rings is 1. The van der Waals surface area contributed by atoms with Gasteiger partial charge in [0.15, 0.2) is 17.5 Å². The first-order valence-corrected chi connectivity index (χ1v) is 8.36. The molecule has 0 atom stereocenters. The number of rotatable bonds is 3. The Morgan fingerprint density at radius 2 is 2.00 bits per heavy atom. The number of nitrogens with one attached hydrogen (secondary N) is 1. The van der Waals surface area contributed by atoms with Crippen molar-refractivity contribution in [3.8, 4) is 11.5 Å². The maximum Gasteiger partial charge on any atom is 0.208 e. The highest BCUT2D eigenvalue weighted by Gasteiger charge is 2.23. The Balaban J connectivity index is 0.00000196. The first kappa shape index (κ1) is 15.6. The van der Waals surface area contributed by atoms with Gasteiger partial charge in [-0.1, -0.05) is 6.07 Å². The summed E-state index contributed by atoms with van der Waals surface area (Å²) in [6.45, 7) is 2.81. The van der Waals surface area contributed by atoms with Crippen molar-refractivity contribution in [2.24, 2.45) is 9.98 Å². The monoisotopic (exact) mass is 341 g/mol. The Hall–Kier alpha value is -2.90. The van der Waals surface area contributed by atoms with Crippen molar-refractivity contribution in [2.45, 2.75) is 12.8 Å². The normalized spacial score (nSPS) is 16.8. The minimum atomic E-state index is -0.469. The molecule has 1 fully saturated rings. The summed E-state index contributed by atoms with van der Waals surface area (Å²) in [6.07, 6.45) is 5.33. The SMILES string of the molecule is Fc1c(NC2=NCCN=C2)nc(-c2ccccn2)nc1N1CCCC1.[HH]. The van der Waals surface area contributed by atoms with Gasteiger partial charge in [-0.25, -0.2) is 9.97 Å². The molecule has 4 rings (SSSR count). The van der Waals surface area contributed by atoms with E-state index in [4.69, 9.17) is 0 Å². The lowest BCUT2D eigenvalue weighted by Gasteiger charge is -2.19. The van der Waals surface area contributed by atoms with Crippen LogP contribution >= 0.6 is 0 Å². The van der Waals surface area contributed by atoms with Gasteiger partial charge in [-0.15, -0.1) is 0 Å². The van der Waals surface area contributed by atoms with Crippen molar-refractivity contribution in [3.63, 3.8) is 0 Å². The Labute approximate surface area is 146 Å². The lowest BCUT2D eigenvalue weighted by molar-refractivity contribution is 0.614. The Kier molecular flexibility index (Phi) is 4.32. The fraction of sp³-hybridized carbons (Fsp3) is 0.353. The van der Waals surface area contributed by atoms with Crippen LogP contribution in [0.25, 0.3) is 11.5 Å². The van der Waals surface area contributed by atoms with Crippen LogP contribution in [0.15, 0.2) is 34.4 Å². The number of aliphatic imine (C=N–C) groups is 2. The van der Waals surface area contributed by atoms with Crippen LogP contribution in [0.1, 0.15) is 14.3 Å². The van der Waals surface area contributed by atoms with Crippen molar-refractivity contribution in [3.05, 3.63) is 30.2 Å². The number of halogens is 1. The van der Waals surface area contributed by atoms with Gasteiger partial charge in [0.2, 0.25) is 5.82 Å². The maximum absolute atomic E-state index is 15.0. The van der Waals surface area contributed by atoms with Gasteiger partial charge in [0.05, 0.1) is 19.3 Å².